The first kappa shape index (κ1) is 28.7. The summed E-state index contributed by atoms with van der Waals surface area (Å²) in [5.74, 6) is 0.00464. The number of benzene rings is 2. The Morgan fingerprint density at radius 2 is 1.76 bits per heavy atom. The summed E-state index contributed by atoms with van der Waals surface area (Å²) in [7, 11) is -0.920. The molecule has 0 radical (unpaired) electrons. The maximum Gasteiger partial charge on any atom is 0.243 e. The molecule has 0 bridgehead atoms. The molecule has 0 heterocycles. The Balaban J connectivity index is 1.85. The Bertz CT molecular complexity index is 1160. The number of hydrogen-bond acceptors (Lipinski definition) is 5. The molecule has 0 aliphatic heterocycles. The SMILES string of the molecule is CCC(C(=O)NC1CCCCC1)N(Cc1cccc(OC)c1)C(=O)CN(C)S(=O)(=O)c1ccc(C)cc1. The number of nitrogens with one attached hydrogen (secondary N) is 1. The van der Waals surface area contributed by atoms with Gasteiger partial charge in [0.1, 0.15) is 11.8 Å². The van der Waals surface area contributed by atoms with E-state index in [0.29, 0.717) is 12.2 Å². The zero-order chi connectivity index (χ0) is 27.0. The smallest absolute Gasteiger partial charge is 0.243 e. The molecule has 1 aliphatic carbocycles. The van der Waals surface area contributed by atoms with Crippen LogP contribution in [0.1, 0.15) is 56.6 Å². The fourth-order valence-corrected chi connectivity index (χ4v) is 5.81. The van der Waals surface area contributed by atoms with Gasteiger partial charge in [-0.05, 0) is 56.0 Å². The van der Waals surface area contributed by atoms with Crippen LogP contribution in [0.2, 0.25) is 0 Å². The van der Waals surface area contributed by atoms with Crippen molar-refractivity contribution in [2.24, 2.45) is 0 Å². The number of sulfonamides is 1. The first-order chi connectivity index (χ1) is 17.6. The van der Waals surface area contributed by atoms with E-state index in [1.807, 2.05) is 38.1 Å². The zero-order valence-corrected chi connectivity index (χ0v) is 23.1. The number of carbonyl (C=O) groups is 2. The highest BCUT2D eigenvalue weighted by molar-refractivity contribution is 7.89. The van der Waals surface area contributed by atoms with Crippen molar-refractivity contribution in [3.63, 3.8) is 0 Å². The van der Waals surface area contributed by atoms with Crippen LogP contribution in [-0.2, 0) is 26.2 Å². The molecule has 1 aliphatic rings. The summed E-state index contributed by atoms with van der Waals surface area (Å²) >= 11 is 0. The topological polar surface area (TPSA) is 96.0 Å². The Morgan fingerprint density at radius 1 is 1.08 bits per heavy atom. The molecule has 0 spiro atoms. The third kappa shape index (κ3) is 7.55. The predicted octanol–water partition coefficient (Wildman–Crippen LogP) is 3.88. The highest BCUT2D eigenvalue weighted by Gasteiger charge is 2.32. The minimum Gasteiger partial charge on any atom is -0.497 e. The lowest BCUT2D eigenvalue weighted by molar-refractivity contribution is -0.141. The third-order valence-corrected chi connectivity index (χ3v) is 8.73. The van der Waals surface area contributed by atoms with E-state index in [1.165, 1.54) is 30.5 Å². The van der Waals surface area contributed by atoms with E-state index in [2.05, 4.69) is 5.32 Å². The number of aryl methyl sites for hydroxylation is 1. The summed E-state index contributed by atoms with van der Waals surface area (Å²) in [6.07, 6.45) is 5.60. The number of ether oxygens (including phenoxy) is 1. The van der Waals surface area contributed by atoms with E-state index in [-0.39, 0.29) is 29.9 Å². The van der Waals surface area contributed by atoms with E-state index >= 15 is 0 Å². The van der Waals surface area contributed by atoms with Gasteiger partial charge in [0.2, 0.25) is 21.8 Å². The van der Waals surface area contributed by atoms with E-state index in [1.54, 1.807) is 19.2 Å². The molecule has 1 fully saturated rings. The number of methoxy groups -OCH3 is 1. The van der Waals surface area contributed by atoms with Crippen molar-refractivity contribution >= 4 is 21.8 Å². The maximum absolute atomic E-state index is 13.7. The molecule has 2 amide bonds. The Kier molecular flexibility index (Phi) is 10.1. The summed E-state index contributed by atoms with van der Waals surface area (Å²) in [5, 5.41) is 3.14. The van der Waals surface area contributed by atoms with Gasteiger partial charge >= 0.3 is 0 Å². The van der Waals surface area contributed by atoms with Crippen molar-refractivity contribution in [3.8, 4) is 5.75 Å². The molecule has 0 aromatic heterocycles. The van der Waals surface area contributed by atoms with Gasteiger partial charge in [-0.25, -0.2) is 8.42 Å². The number of hydrogen-bond donors (Lipinski definition) is 1. The van der Waals surface area contributed by atoms with Gasteiger partial charge in [-0.2, -0.15) is 4.31 Å². The van der Waals surface area contributed by atoms with Crippen LogP contribution in [0, 0.1) is 6.92 Å². The second-order valence-electron chi connectivity index (χ2n) is 9.71. The van der Waals surface area contributed by atoms with E-state index in [9.17, 15) is 18.0 Å². The van der Waals surface area contributed by atoms with Crippen LogP contribution < -0.4 is 10.1 Å². The van der Waals surface area contributed by atoms with Crippen LogP contribution in [0.3, 0.4) is 0 Å². The molecule has 0 saturated heterocycles. The summed E-state index contributed by atoms with van der Waals surface area (Å²) in [5.41, 5.74) is 1.73. The van der Waals surface area contributed by atoms with Crippen LogP contribution in [0.15, 0.2) is 53.4 Å². The van der Waals surface area contributed by atoms with Crippen molar-refractivity contribution in [1.82, 2.24) is 14.5 Å². The highest BCUT2D eigenvalue weighted by Crippen LogP contribution is 2.21. The monoisotopic (exact) mass is 529 g/mol. The minimum absolute atomic E-state index is 0.105. The molecule has 2 aromatic carbocycles. The van der Waals surface area contributed by atoms with Crippen LogP contribution in [-0.4, -0.2) is 62.2 Å². The van der Waals surface area contributed by atoms with E-state index < -0.39 is 22.0 Å². The molecule has 2 aromatic rings. The Labute approximate surface area is 221 Å². The van der Waals surface area contributed by atoms with E-state index in [0.717, 1.165) is 41.1 Å². The number of carbonyl (C=O) groups excluding carboxylic acids is 2. The molecular formula is C28H39N3O5S. The van der Waals surface area contributed by atoms with Gasteiger partial charge < -0.3 is 15.0 Å². The molecule has 8 nitrogen and oxygen atoms in total. The van der Waals surface area contributed by atoms with Crippen LogP contribution in [0.25, 0.3) is 0 Å². The van der Waals surface area contributed by atoms with Gasteiger partial charge in [0.25, 0.3) is 0 Å². The van der Waals surface area contributed by atoms with Crippen molar-refractivity contribution in [2.45, 2.75) is 75.9 Å². The maximum atomic E-state index is 13.7. The molecule has 9 heteroatoms. The minimum atomic E-state index is -3.88. The average molecular weight is 530 g/mol. The second-order valence-corrected chi connectivity index (χ2v) is 11.8. The van der Waals surface area contributed by atoms with Crippen molar-refractivity contribution in [1.29, 1.82) is 0 Å². The quantitative estimate of drug-likeness (QED) is 0.477. The lowest BCUT2D eigenvalue weighted by atomic mass is 9.95. The number of likely N-dealkylation sites (N-methyl/N-ethyl adjacent to an activating group) is 1. The lowest BCUT2D eigenvalue weighted by Crippen LogP contribution is -2.53. The van der Waals surface area contributed by atoms with Crippen LogP contribution in [0.4, 0.5) is 0 Å². The van der Waals surface area contributed by atoms with E-state index in [4.69, 9.17) is 4.74 Å². The van der Waals surface area contributed by atoms with Crippen molar-refractivity contribution < 1.29 is 22.7 Å². The molecule has 1 unspecified atom stereocenters. The molecule has 37 heavy (non-hydrogen) atoms. The zero-order valence-electron chi connectivity index (χ0n) is 22.3. The van der Waals surface area contributed by atoms with Gasteiger partial charge in [0.05, 0.1) is 18.6 Å². The summed E-state index contributed by atoms with van der Waals surface area (Å²) in [6, 6.07) is 13.2. The van der Waals surface area contributed by atoms with Crippen LogP contribution in [0.5, 0.6) is 5.75 Å². The van der Waals surface area contributed by atoms with Crippen molar-refractivity contribution in [2.75, 3.05) is 20.7 Å². The Hall–Kier alpha value is -2.91. The second kappa shape index (κ2) is 13.1. The molecule has 202 valence electrons. The first-order valence-electron chi connectivity index (χ1n) is 12.9. The summed E-state index contributed by atoms with van der Waals surface area (Å²) in [4.78, 5) is 28.6. The molecular weight excluding hydrogens is 490 g/mol. The van der Waals surface area contributed by atoms with Crippen molar-refractivity contribution in [3.05, 3.63) is 59.7 Å². The molecule has 1 saturated carbocycles. The lowest BCUT2D eigenvalue weighted by Gasteiger charge is -2.33. The number of rotatable bonds is 11. The number of nitrogens with zero attached hydrogens (tertiary/aromatic N) is 2. The first-order valence-corrected chi connectivity index (χ1v) is 14.4. The summed E-state index contributed by atoms with van der Waals surface area (Å²) in [6.45, 7) is 3.52. The third-order valence-electron chi connectivity index (χ3n) is 6.91. The van der Waals surface area contributed by atoms with Crippen LogP contribution >= 0.6 is 0 Å². The van der Waals surface area contributed by atoms with Gasteiger partial charge in [-0.15, -0.1) is 0 Å². The Morgan fingerprint density at radius 3 is 2.38 bits per heavy atom. The van der Waals surface area contributed by atoms with Gasteiger partial charge in [-0.3, -0.25) is 9.59 Å². The average Bonchev–Trinajstić information content (AvgIpc) is 2.89. The standard InChI is InChI=1S/C28H39N3O5S/c1-5-26(28(33)29-23-11-7-6-8-12-23)31(19-22-10-9-13-24(18-22)36-4)27(32)20-30(3)37(34,35)25-16-14-21(2)15-17-25/h9-10,13-18,23,26H,5-8,11-12,19-20H2,1-4H3,(H,29,33). The fourth-order valence-electron chi connectivity index (χ4n) is 4.69. The summed E-state index contributed by atoms with van der Waals surface area (Å²) < 4.78 is 32.7. The predicted molar refractivity (Wildman–Crippen MR) is 144 cm³/mol. The van der Waals surface area contributed by atoms with Gasteiger partial charge in [-0.1, -0.05) is 56.0 Å². The largest absolute Gasteiger partial charge is 0.497 e. The molecule has 3 rings (SSSR count). The normalized spacial score (nSPS) is 15.3. The highest BCUT2D eigenvalue weighted by atomic mass is 32.2. The fraction of sp³-hybridized carbons (Fsp3) is 0.500. The molecule has 1 N–H and O–H groups in total. The number of amides is 2. The van der Waals surface area contributed by atoms with Gasteiger partial charge in [0, 0.05) is 19.6 Å². The van der Waals surface area contributed by atoms with Gasteiger partial charge in [0.15, 0.2) is 0 Å². The molecule has 1 atom stereocenters.